The van der Waals surface area contributed by atoms with E-state index >= 15 is 0 Å². The Bertz CT molecular complexity index is 665. The van der Waals surface area contributed by atoms with Gasteiger partial charge in [-0.3, -0.25) is 9.59 Å². The molecule has 0 spiro atoms. The Balaban J connectivity index is 3.10. The summed E-state index contributed by atoms with van der Waals surface area (Å²) in [6.45, 7) is 2.54. The molecule has 0 fully saturated rings. The number of hydrogen-bond donors (Lipinski definition) is 2. The summed E-state index contributed by atoms with van der Waals surface area (Å²) < 4.78 is 48.3. The molecule has 7 nitrogen and oxygen atoms in total. The number of benzene rings is 1. The molecule has 0 aliphatic heterocycles. The Kier molecular flexibility index (Phi) is 8.90. The van der Waals surface area contributed by atoms with Crippen LogP contribution in [0.4, 0.5) is 13.2 Å². The van der Waals surface area contributed by atoms with Gasteiger partial charge in [0.15, 0.2) is 6.10 Å². The van der Waals surface area contributed by atoms with E-state index < -0.39 is 48.5 Å². The molecular formula is C18H22F3NO6. The zero-order valence-corrected chi connectivity index (χ0v) is 15.4. The van der Waals surface area contributed by atoms with Crippen LogP contribution in [0.5, 0.6) is 0 Å². The number of aliphatic hydroxyl groups excluding tert-OH is 1. The van der Waals surface area contributed by atoms with Gasteiger partial charge in [0.25, 0.3) is 5.91 Å². The monoisotopic (exact) mass is 405 g/mol. The number of nitrogens with one attached hydrogen (secondary N) is 1. The number of ether oxygens (including phenoxy) is 2. The first kappa shape index (κ1) is 23.4. The summed E-state index contributed by atoms with van der Waals surface area (Å²) in [6, 6.07) is 6.04. The zero-order chi connectivity index (χ0) is 21.3. The quantitative estimate of drug-likeness (QED) is 0.608. The van der Waals surface area contributed by atoms with Gasteiger partial charge in [-0.1, -0.05) is 18.2 Å². The SMILES string of the molecule is CCOC(=O)[C@H](C[C@H](C(=O)OCC)[C@H](O)C(F)(F)F)NC(=O)c1ccccc1. The minimum absolute atomic E-state index is 0.0948. The average molecular weight is 405 g/mol. The predicted octanol–water partition coefficient (Wildman–Crippen LogP) is 1.84. The van der Waals surface area contributed by atoms with E-state index in [4.69, 9.17) is 4.74 Å². The molecule has 0 aliphatic carbocycles. The van der Waals surface area contributed by atoms with Crippen molar-refractivity contribution in [3.63, 3.8) is 0 Å². The van der Waals surface area contributed by atoms with Gasteiger partial charge >= 0.3 is 18.1 Å². The molecule has 1 aromatic carbocycles. The maximum absolute atomic E-state index is 13.0. The molecule has 0 heterocycles. The predicted molar refractivity (Wildman–Crippen MR) is 91.1 cm³/mol. The molecule has 1 aromatic rings. The summed E-state index contributed by atoms with van der Waals surface area (Å²) in [5, 5.41) is 11.8. The molecule has 0 aliphatic rings. The molecule has 0 saturated carbocycles. The first-order valence-corrected chi connectivity index (χ1v) is 8.55. The van der Waals surface area contributed by atoms with Crippen molar-refractivity contribution in [1.29, 1.82) is 0 Å². The maximum atomic E-state index is 13.0. The molecule has 0 radical (unpaired) electrons. The molecule has 10 heteroatoms. The molecule has 3 atom stereocenters. The summed E-state index contributed by atoms with van der Waals surface area (Å²) >= 11 is 0. The van der Waals surface area contributed by atoms with Crippen LogP contribution in [0.15, 0.2) is 30.3 Å². The number of rotatable bonds is 9. The lowest BCUT2D eigenvalue weighted by Gasteiger charge is -2.26. The molecule has 0 bridgehead atoms. The van der Waals surface area contributed by atoms with Crippen LogP contribution in [0.25, 0.3) is 0 Å². The topological polar surface area (TPSA) is 102 Å². The Labute approximate surface area is 159 Å². The normalized spacial score (nSPS) is 14.5. The van der Waals surface area contributed by atoms with Crippen molar-refractivity contribution < 1.29 is 42.1 Å². The first-order chi connectivity index (χ1) is 13.1. The van der Waals surface area contributed by atoms with Crippen LogP contribution in [0.2, 0.25) is 0 Å². The van der Waals surface area contributed by atoms with E-state index in [0.717, 1.165) is 0 Å². The second kappa shape index (κ2) is 10.6. The van der Waals surface area contributed by atoms with Crippen molar-refractivity contribution in [2.45, 2.75) is 38.6 Å². The van der Waals surface area contributed by atoms with Gasteiger partial charge in [-0.05, 0) is 32.4 Å². The highest BCUT2D eigenvalue weighted by molar-refractivity contribution is 5.96. The first-order valence-electron chi connectivity index (χ1n) is 8.55. The zero-order valence-electron chi connectivity index (χ0n) is 15.4. The molecule has 0 unspecified atom stereocenters. The number of halogens is 3. The average Bonchev–Trinajstić information content (AvgIpc) is 2.64. The maximum Gasteiger partial charge on any atom is 0.415 e. The number of carbonyl (C=O) groups excluding carboxylic acids is 3. The van der Waals surface area contributed by atoms with Crippen molar-refractivity contribution in [3.8, 4) is 0 Å². The van der Waals surface area contributed by atoms with Crippen LogP contribution >= 0.6 is 0 Å². The smallest absolute Gasteiger partial charge is 0.415 e. The molecule has 2 N–H and O–H groups in total. The molecule has 28 heavy (non-hydrogen) atoms. The van der Waals surface area contributed by atoms with E-state index in [1.165, 1.54) is 26.0 Å². The van der Waals surface area contributed by atoms with E-state index in [1.54, 1.807) is 18.2 Å². The lowest BCUT2D eigenvalue weighted by atomic mass is 9.93. The highest BCUT2D eigenvalue weighted by Gasteiger charge is 2.48. The van der Waals surface area contributed by atoms with Crippen molar-refractivity contribution in [1.82, 2.24) is 5.32 Å². The van der Waals surface area contributed by atoms with E-state index in [1.807, 2.05) is 0 Å². The van der Waals surface area contributed by atoms with Crippen LogP contribution < -0.4 is 5.32 Å². The van der Waals surface area contributed by atoms with Crippen LogP contribution in [0, 0.1) is 5.92 Å². The van der Waals surface area contributed by atoms with E-state index in [9.17, 15) is 32.7 Å². The van der Waals surface area contributed by atoms with Crippen LogP contribution in [-0.2, 0) is 19.1 Å². The second-order valence-corrected chi connectivity index (χ2v) is 5.72. The molecular weight excluding hydrogens is 383 g/mol. The van der Waals surface area contributed by atoms with Gasteiger partial charge in [0.05, 0.1) is 19.1 Å². The Morgan fingerprint density at radius 1 is 1.04 bits per heavy atom. The van der Waals surface area contributed by atoms with E-state index in [-0.39, 0.29) is 18.8 Å². The lowest BCUT2D eigenvalue weighted by Crippen LogP contribution is -2.48. The summed E-state index contributed by atoms with van der Waals surface area (Å²) in [5.74, 6) is -5.24. The third-order valence-electron chi connectivity index (χ3n) is 3.71. The number of aliphatic hydroxyl groups is 1. The fourth-order valence-corrected chi connectivity index (χ4v) is 2.37. The fourth-order valence-electron chi connectivity index (χ4n) is 2.37. The lowest BCUT2D eigenvalue weighted by molar-refractivity contribution is -0.225. The van der Waals surface area contributed by atoms with Gasteiger partial charge in [-0.15, -0.1) is 0 Å². The molecule has 0 saturated heterocycles. The fraction of sp³-hybridized carbons (Fsp3) is 0.500. The van der Waals surface area contributed by atoms with Gasteiger partial charge in [0.2, 0.25) is 0 Å². The molecule has 156 valence electrons. The van der Waals surface area contributed by atoms with Crippen LogP contribution in [-0.4, -0.2) is 54.5 Å². The molecule has 0 aromatic heterocycles. The Morgan fingerprint density at radius 2 is 1.57 bits per heavy atom. The van der Waals surface area contributed by atoms with E-state index in [2.05, 4.69) is 10.1 Å². The number of esters is 2. The summed E-state index contributed by atoms with van der Waals surface area (Å²) in [7, 11) is 0. The van der Waals surface area contributed by atoms with E-state index in [0.29, 0.717) is 0 Å². The standard InChI is InChI=1S/C18H22F3NO6/c1-3-27-16(25)12(14(23)18(19,20)21)10-13(17(26)28-4-2)22-15(24)11-8-6-5-7-9-11/h5-9,12-14,23H,3-4,10H2,1-2H3,(H,22,24)/t12-,13-,14-/m0/s1. The highest BCUT2D eigenvalue weighted by Crippen LogP contribution is 2.29. The number of carbonyl (C=O) groups is 3. The van der Waals surface area contributed by atoms with Crippen molar-refractivity contribution in [2.24, 2.45) is 5.92 Å². The highest BCUT2D eigenvalue weighted by atomic mass is 19.4. The number of alkyl halides is 3. The van der Waals surface area contributed by atoms with Crippen molar-refractivity contribution in [3.05, 3.63) is 35.9 Å². The van der Waals surface area contributed by atoms with Gasteiger partial charge in [-0.25, -0.2) is 4.79 Å². The summed E-state index contributed by atoms with van der Waals surface area (Å²) in [4.78, 5) is 36.4. The third-order valence-corrected chi connectivity index (χ3v) is 3.71. The minimum Gasteiger partial charge on any atom is -0.466 e. The van der Waals surface area contributed by atoms with Crippen LogP contribution in [0.3, 0.4) is 0 Å². The molecule has 1 rings (SSSR count). The van der Waals surface area contributed by atoms with Gasteiger partial charge in [0.1, 0.15) is 6.04 Å². The van der Waals surface area contributed by atoms with Crippen LogP contribution in [0.1, 0.15) is 30.6 Å². The largest absolute Gasteiger partial charge is 0.466 e. The van der Waals surface area contributed by atoms with Gasteiger partial charge in [-0.2, -0.15) is 13.2 Å². The van der Waals surface area contributed by atoms with Crippen molar-refractivity contribution >= 4 is 17.8 Å². The minimum atomic E-state index is -5.12. The third kappa shape index (κ3) is 6.84. The second-order valence-electron chi connectivity index (χ2n) is 5.72. The summed E-state index contributed by atoms with van der Waals surface area (Å²) in [6.07, 6.45) is -9.05. The summed E-state index contributed by atoms with van der Waals surface area (Å²) in [5.41, 5.74) is 0.154. The Hall–Kier alpha value is -2.62. The Morgan fingerprint density at radius 3 is 2.07 bits per heavy atom. The number of amides is 1. The molecule has 1 amide bonds. The van der Waals surface area contributed by atoms with Crippen molar-refractivity contribution in [2.75, 3.05) is 13.2 Å². The van der Waals surface area contributed by atoms with Gasteiger partial charge in [0, 0.05) is 5.56 Å². The van der Waals surface area contributed by atoms with Gasteiger partial charge < -0.3 is 19.9 Å². The number of hydrogen-bond acceptors (Lipinski definition) is 6.